The number of hydrogen-bond donors (Lipinski definition) is 4. The molecule has 0 saturated heterocycles. The number of rotatable bonds is 13. The summed E-state index contributed by atoms with van der Waals surface area (Å²) in [5.74, 6) is 1.08. The molecule has 0 fully saturated rings. The van der Waals surface area contributed by atoms with Crippen LogP contribution in [0.5, 0.6) is 17.2 Å². The molecule has 232 valence electrons. The van der Waals surface area contributed by atoms with Gasteiger partial charge in [-0.15, -0.1) is 0 Å². The summed E-state index contributed by atoms with van der Waals surface area (Å²) >= 11 is 0. The van der Waals surface area contributed by atoms with Gasteiger partial charge in [0.05, 0.1) is 55.2 Å². The topological polar surface area (TPSA) is 196 Å². The SMILES string of the molecule is CCOc1cc([C@H]2NC(=O)NC(C)=C2C(=O)OC)ccc1OC[C@H](O)N/N=C\c1ccc(-c2ccc([N+](=O)[O-])cc2OC)o1. The minimum atomic E-state index is -1.22. The zero-order chi connectivity index (χ0) is 31.8. The minimum absolute atomic E-state index is 0.112. The number of non-ortho nitro benzene ring substituents is 1. The van der Waals surface area contributed by atoms with Gasteiger partial charge in [0.15, 0.2) is 17.7 Å². The summed E-state index contributed by atoms with van der Waals surface area (Å²) in [5.41, 5.74) is 4.11. The van der Waals surface area contributed by atoms with Crippen LogP contribution in [0.15, 0.2) is 69.3 Å². The van der Waals surface area contributed by atoms with E-state index in [2.05, 4.69) is 21.2 Å². The molecule has 1 aliphatic rings. The second kappa shape index (κ2) is 14.1. The number of esters is 1. The summed E-state index contributed by atoms with van der Waals surface area (Å²) in [6, 6.07) is 11.1. The second-order valence-corrected chi connectivity index (χ2v) is 9.26. The molecule has 0 spiro atoms. The molecule has 15 nitrogen and oxygen atoms in total. The van der Waals surface area contributed by atoms with Gasteiger partial charge in [0.2, 0.25) is 0 Å². The minimum Gasteiger partial charge on any atom is -0.496 e. The summed E-state index contributed by atoms with van der Waals surface area (Å²) in [4.78, 5) is 35.1. The predicted molar refractivity (Wildman–Crippen MR) is 156 cm³/mol. The highest BCUT2D eigenvalue weighted by atomic mass is 16.6. The molecule has 3 aromatic rings. The van der Waals surface area contributed by atoms with Crippen molar-refractivity contribution >= 4 is 23.9 Å². The molecule has 0 unspecified atom stereocenters. The fraction of sp³-hybridized carbons (Fsp3) is 0.276. The van der Waals surface area contributed by atoms with Gasteiger partial charge >= 0.3 is 12.0 Å². The summed E-state index contributed by atoms with van der Waals surface area (Å²) in [6.07, 6.45) is 0.122. The van der Waals surface area contributed by atoms with Crippen molar-refractivity contribution in [1.82, 2.24) is 16.1 Å². The van der Waals surface area contributed by atoms with E-state index in [1.807, 2.05) is 0 Å². The zero-order valence-electron chi connectivity index (χ0n) is 24.3. The van der Waals surface area contributed by atoms with Gasteiger partial charge < -0.3 is 39.1 Å². The largest absolute Gasteiger partial charge is 0.496 e. The lowest BCUT2D eigenvalue weighted by atomic mass is 9.95. The number of methoxy groups -OCH3 is 2. The van der Waals surface area contributed by atoms with Crippen LogP contribution < -0.4 is 30.3 Å². The number of benzene rings is 2. The van der Waals surface area contributed by atoms with Crippen molar-refractivity contribution in [3.8, 4) is 28.6 Å². The Kier molecular flexibility index (Phi) is 10.0. The third-order valence-electron chi connectivity index (χ3n) is 6.38. The standard InChI is InChI=1S/C29H31N5O10/c1-5-42-24-12-17(27-26(28(36)41-4)16(2)31-29(37)32-27)6-10-22(24)43-15-25(35)33-30-14-19-8-11-21(44-19)20-9-7-18(34(38)39)13-23(20)40-3/h6-14,25,27,33,35H,5,15H2,1-4H3,(H2,31,32,37)/b30-14-/t25-,27+/m0/s1. The highest BCUT2D eigenvalue weighted by Crippen LogP contribution is 2.36. The average molecular weight is 610 g/mol. The lowest BCUT2D eigenvalue weighted by Gasteiger charge is -2.28. The molecule has 4 N–H and O–H groups in total. The summed E-state index contributed by atoms with van der Waals surface area (Å²) in [7, 11) is 2.66. The summed E-state index contributed by atoms with van der Waals surface area (Å²) in [6.45, 7) is 3.49. The quantitative estimate of drug-likeness (QED) is 0.0729. The first-order valence-corrected chi connectivity index (χ1v) is 13.3. The van der Waals surface area contributed by atoms with Gasteiger partial charge in [-0.25, -0.2) is 9.59 Å². The van der Waals surface area contributed by atoms with Gasteiger partial charge in [0, 0.05) is 11.8 Å². The molecule has 2 amide bonds. The van der Waals surface area contributed by atoms with Crippen molar-refractivity contribution in [2.75, 3.05) is 27.4 Å². The third-order valence-corrected chi connectivity index (χ3v) is 6.38. The van der Waals surface area contributed by atoms with Crippen LogP contribution in [-0.2, 0) is 9.53 Å². The number of allylic oxidation sites excluding steroid dienone is 1. The average Bonchev–Trinajstić information content (AvgIpc) is 3.48. The van der Waals surface area contributed by atoms with Gasteiger partial charge in [-0.1, -0.05) is 6.07 Å². The summed E-state index contributed by atoms with van der Waals surface area (Å²) < 4.78 is 27.4. The Morgan fingerprint density at radius 2 is 1.95 bits per heavy atom. The molecule has 0 aliphatic carbocycles. The summed E-state index contributed by atoms with van der Waals surface area (Å²) in [5, 5.41) is 30.7. The molecule has 44 heavy (non-hydrogen) atoms. The highest BCUT2D eigenvalue weighted by Gasteiger charge is 2.32. The molecular formula is C29H31N5O10. The number of carbonyl (C=O) groups excluding carboxylic acids is 2. The first kappa shape index (κ1) is 31.4. The monoisotopic (exact) mass is 609 g/mol. The highest BCUT2D eigenvalue weighted by molar-refractivity contribution is 5.95. The molecule has 1 aliphatic heterocycles. The number of nitrogens with one attached hydrogen (secondary N) is 3. The lowest BCUT2D eigenvalue weighted by Crippen LogP contribution is -2.45. The molecule has 15 heteroatoms. The van der Waals surface area contributed by atoms with Gasteiger partial charge in [0.25, 0.3) is 5.69 Å². The molecular weight excluding hydrogens is 578 g/mol. The molecule has 2 aromatic carbocycles. The number of nitrogens with zero attached hydrogens (tertiary/aromatic N) is 2. The van der Waals surface area contributed by atoms with Crippen molar-refractivity contribution in [2.24, 2.45) is 5.10 Å². The molecule has 4 rings (SSSR count). The number of ether oxygens (including phenoxy) is 4. The lowest BCUT2D eigenvalue weighted by molar-refractivity contribution is -0.384. The van der Waals surface area contributed by atoms with Crippen molar-refractivity contribution < 1.29 is 43.0 Å². The van der Waals surface area contributed by atoms with E-state index in [4.69, 9.17) is 23.4 Å². The Hall–Kier alpha value is -5.57. The Morgan fingerprint density at radius 3 is 2.66 bits per heavy atom. The van der Waals surface area contributed by atoms with E-state index in [0.717, 1.165) is 0 Å². The van der Waals surface area contributed by atoms with Crippen LogP contribution in [0.25, 0.3) is 11.3 Å². The van der Waals surface area contributed by atoms with Crippen LogP contribution in [0.3, 0.4) is 0 Å². The molecule has 0 saturated carbocycles. The van der Waals surface area contributed by atoms with E-state index >= 15 is 0 Å². The Balaban J connectivity index is 1.40. The number of aliphatic hydroxyl groups is 1. The van der Waals surface area contributed by atoms with Gasteiger partial charge in [0.1, 0.15) is 23.9 Å². The van der Waals surface area contributed by atoms with Crippen LogP contribution in [0.1, 0.15) is 31.2 Å². The number of amides is 2. The Morgan fingerprint density at radius 1 is 1.16 bits per heavy atom. The molecule has 0 bridgehead atoms. The van der Waals surface area contributed by atoms with Crippen LogP contribution in [0.2, 0.25) is 0 Å². The first-order chi connectivity index (χ1) is 21.1. The van der Waals surface area contributed by atoms with Crippen LogP contribution in [0.4, 0.5) is 10.5 Å². The van der Waals surface area contributed by atoms with Gasteiger partial charge in [-0.05, 0) is 49.7 Å². The maximum absolute atomic E-state index is 12.4. The van der Waals surface area contributed by atoms with Crippen molar-refractivity contribution in [2.45, 2.75) is 26.1 Å². The number of aliphatic hydroxyl groups excluding tert-OH is 1. The molecule has 2 heterocycles. The zero-order valence-corrected chi connectivity index (χ0v) is 24.3. The number of nitro groups is 1. The second-order valence-electron chi connectivity index (χ2n) is 9.26. The number of nitro benzene ring substituents is 1. The maximum atomic E-state index is 12.4. The third kappa shape index (κ3) is 7.25. The normalized spacial score (nSPS) is 15.3. The molecule has 1 aromatic heterocycles. The van der Waals surface area contributed by atoms with Crippen LogP contribution in [0, 0.1) is 10.1 Å². The predicted octanol–water partition coefficient (Wildman–Crippen LogP) is 3.38. The van der Waals surface area contributed by atoms with Crippen molar-refractivity contribution in [3.63, 3.8) is 0 Å². The smallest absolute Gasteiger partial charge is 0.337 e. The Labute approximate surface area is 251 Å². The number of urea groups is 1. The van der Waals surface area contributed by atoms with E-state index in [0.29, 0.717) is 46.5 Å². The van der Waals surface area contributed by atoms with Crippen LogP contribution >= 0.6 is 0 Å². The van der Waals surface area contributed by atoms with Crippen LogP contribution in [-0.4, -0.2) is 61.9 Å². The Bertz CT molecular complexity index is 1600. The first-order valence-electron chi connectivity index (χ1n) is 13.3. The maximum Gasteiger partial charge on any atom is 0.337 e. The number of furan rings is 1. The van der Waals surface area contributed by atoms with Crippen molar-refractivity contribution in [1.29, 1.82) is 0 Å². The van der Waals surface area contributed by atoms with E-state index in [-0.39, 0.29) is 23.6 Å². The van der Waals surface area contributed by atoms with E-state index < -0.39 is 29.2 Å². The van der Waals surface area contributed by atoms with E-state index in [1.54, 1.807) is 44.2 Å². The fourth-order valence-electron chi connectivity index (χ4n) is 4.37. The van der Waals surface area contributed by atoms with Gasteiger partial charge in [-0.2, -0.15) is 5.10 Å². The number of hydrogen-bond acceptors (Lipinski definition) is 12. The number of carbonyl (C=O) groups is 2. The fourth-order valence-corrected chi connectivity index (χ4v) is 4.37. The van der Waals surface area contributed by atoms with Crippen molar-refractivity contribution in [3.05, 3.63) is 81.2 Å². The molecule has 0 radical (unpaired) electrons. The van der Waals surface area contributed by atoms with E-state index in [1.165, 1.54) is 38.6 Å². The molecule has 2 atom stereocenters. The van der Waals surface area contributed by atoms with Gasteiger partial charge in [-0.3, -0.25) is 15.5 Å². The number of hydrazone groups is 1. The van der Waals surface area contributed by atoms with E-state index in [9.17, 15) is 24.8 Å².